The molecule has 0 radical (unpaired) electrons. The molecule has 84 valence electrons. The molecule has 3 aliphatic rings. The zero-order valence-electron chi connectivity index (χ0n) is 8.47. The maximum Gasteiger partial charge on any atom is 0.317 e. The number of esters is 2. The number of fused-ring (bicyclic) bond motifs is 2. The number of hydrogen-bond acceptors (Lipinski definition) is 5. The fraction of sp³-hybridized carbons (Fsp3) is 0.636. The van der Waals surface area contributed by atoms with E-state index < -0.39 is 23.8 Å². The second-order valence-electron chi connectivity index (χ2n) is 4.75. The Morgan fingerprint density at radius 3 is 1.62 bits per heavy atom. The highest BCUT2D eigenvalue weighted by molar-refractivity contribution is 6.09. The van der Waals surface area contributed by atoms with Gasteiger partial charge in [-0.05, 0) is 12.8 Å². The number of hydrogen-bond donors (Lipinski definition) is 0. The average Bonchev–Trinajstić information content (AvgIpc) is 2.67. The van der Waals surface area contributed by atoms with E-state index in [-0.39, 0.29) is 29.8 Å². The van der Waals surface area contributed by atoms with E-state index in [1.807, 2.05) is 0 Å². The monoisotopic (exact) mass is 222 g/mol. The Labute approximate surface area is 91.1 Å². The van der Waals surface area contributed by atoms with Crippen LogP contribution in [0.5, 0.6) is 0 Å². The van der Waals surface area contributed by atoms with Crippen molar-refractivity contribution in [2.75, 3.05) is 0 Å². The normalized spacial score (nSPS) is 42.0. The molecular weight excluding hydrogens is 212 g/mol. The lowest BCUT2D eigenvalue weighted by molar-refractivity contribution is -0.153. The summed E-state index contributed by atoms with van der Waals surface area (Å²) in [5, 5.41) is 0. The molecule has 0 N–H and O–H groups in total. The van der Waals surface area contributed by atoms with Crippen LogP contribution < -0.4 is 0 Å². The number of cyclic esters (lactones) is 2. The van der Waals surface area contributed by atoms with Crippen LogP contribution in [-0.4, -0.2) is 23.5 Å². The maximum absolute atomic E-state index is 11.5. The molecular formula is C11H10O5. The minimum Gasteiger partial charge on any atom is -0.393 e. The summed E-state index contributed by atoms with van der Waals surface area (Å²) >= 11 is 0. The van der Waals surface area contributed by atoms with Crippen LogP contribution in [0.2, 0.25) is 0 Å². The molecule has 1 saturated heterocycles. The first kappa shape index (κ1) is 9.69. The number of Topliss-reactive ketones (excluding diaryl/α,β-unsaturated/α-hetero) is 2. The van der Waals surface area contributed by atoms with Crippen molar-refractivity contribution in [2.45, 2.75) is 19.3 Å². The van der Waals surface area contributed by atoms with E-state index in [4.69, 9.17) is 0 Å². The van der Waals surface area contributed by atoms with Gasteiger partial charge in [-0.1, -0.05) is 0 Å². The molecule has 3 rings (SSSR count). The first-order valence-electron chi connectivity index (χ1n) is 5.39. The lowest BCUT2D eigenvalue weighted by Crippen LogP contribution is -2.35. The molecule has 3 fully saturated rings. The Kier molecular flexibility index (Phi) is 1.81. The van der Waals surface area contributed by atoms with Crippen molar-refractivity contribution in [3.63, 3.8) is 0 Å². The van der Waals surface area contributed by atoms with E-state index in [0.717, 1.165) is 0 Å². The standard InChI is InChI=1S/C11H10O5/c12-8-3-9(13)5-2-7-6(1-4(5)8)10(14)16-11(7)15/h4-7H,1-3H2/t4-,5+,6-,7+. The average molecular weight is 222 g/mol. The van der Waals surface area contributed by atoms with E-state index in [9.17, 15) is 19.2 Å². The van der Waals surface area contributed by atoms with Crippen LogP contribution in [-0.2, 0) is 23.9 Å². The first-order valence-corrected chi connectivity index (χ1v) is 5.39. The topological polar surface area (TPSA) is 77.5 Å². The first-order chi connectivity index (χ1) is 7.58. The van der Waals surface area contributed by atoms with Crippen molar-refractivity contribution in [3.8, 4) is 0 Å². The van der Waals surface area contributed by atoms with Crippen LogP contribution in [0.15, 0.2) is 0 Å². The van der Waals surface area contributed by atoms with Gasteiger partial charge in [-0.15, -0.1) is 0 Å². The number of ketones is 2. The molecule has 2 aliphatic carbocycles. The van der Waals surface area contributed by atoms with Crippen molar-refractivity contribution in [1.82, 2.24) is 0 Å². The second-order valence-corrected chi connectivity index (χ2v) is 4.75. The highest BCUT2D eigenvalue weighted by Gasteiger charge is 2.56. The predicted molar refractivity (Wildman–Crippen MR) is 48.9 cm³/mol. The van der Waals surface area contributed by atoms with Crippen molar-refractivity contribution >= 4 is 23.5 Å². The van der Waals surface area contributed by atoms with Crippen molar-refractivity contribution in [1.29, 1.82) is 0 Å². The molecule has 0 unspecified atom stereocenters. The highest BCUT2D eigenvalue weighted by atomic mass is 16.6. The smallest absolute Gasteiger partial charge is 0.317 e. The van der Waals surface area contributed by atoms with Gasteiger partial charge in [0.2, 0.25) is 0 Å². The third kappa shape index (κ3) is 1.11. The van der Waals surface area contributed by atoms with Crippen LogP contribution in [0.4, 0.5) is 0 Å². The maximum atomic E-state index is 11.5. The van der Waals surface area contributed by atoms with Gasteiger partial charge in [0, 0.05) is 11.8 Å². The summed E-state index contributed by atoms with van der Waals surface area (Å²) in [6.07, 6.45) is 0.590. The van der Waals surface area contributed by atoms with Crippen LogP contribution >= 0.6 is 0 Å². The summed E-state index contributed by atoms with van der Waals surface area (Å²) in [6, 6.07) is 0. The molecule has 4 atom stereocenters. The van der Waals surface area contributed by atoms with Crippen LogP contribution in [0.3, 0.4) is 0 Å². The summed E-state index contributed by atoms with van der Waals surface area (Å²) in [5.74, 6) is -2.92. The van der Waals surface area contributed by atoms with Crippen LogP contribution in [0, 0.1) is 23.7 Å². The van der Waals surface area contributed by atoms with Gasteiger partial charge in [-0.25, -0.2) is 0 Å². The zero-order chi connectivity index (χ0) is 11.4. The molecule has 16 heavy (non-hydrogen) atoms. The number of carbonyl (C=O) groups excluding carboxylic acids is 4. The third-order valence-corrected chi connectivity index (χ3v) is 3.97. The van der Waals surface area contributed by atoms with E-state index in [0.29, 0.717) is 12.8 Å². The molecule has 0 aromatic rings. The van der Waals surface area contributed by atoms with Gasteiger partial charge in [0.15, 0.2) is 0 Å². The quantitative estimate of drug-likeness (QED) is 0.421. The summed E-state index contributed by atoms with van der Waals surface area (Å²) < 4.78 is 4.54. The van der Waals surface area contributed by atoms with Gasteiger partial charge in [-0.2, -0.15) is 0 Å². The Hall–Kier alpha value is -1.52. The lowest BCUT2D eigenvalue weighted by atomic mass is 9.70. The van der Waals surface area contributed by atoms with E-state index >= 15 is 0 Å². The Balaban J connectivity index is 1.92. The fourth-order valence-electron chi connectivity index (χ4n) is 3.12. The molecule has 5 nitrogen and oxygen atoms in total. The van der Waals surface area contributed by atoms with Gasteiger partial charge in [0.05, 0.1) is 18.3 Å². The molecule has 0 bridgehead atoms. The highest BCUT2D eigenvalue weighted by Crippen LogP contribution is 2.46. The molecule has 2 saturated carbocycles. The van der Waals surface area contributed by atoms with E-state index in [1.54, 1.807) is 0 Å². The molecule has 1 heterocycles. The molecule has 0 amide bonds. The molecule has 0 aromatic carbocycles. The van der Waals surface area contributed by atoms with Gasteiger partial charge in [0.1, 0.15) is 11.6 Å². The van der Waals surface area contributed by atoms with Crippen molar-refractivity contribution in [2.24, 2.45) is 23.7 Å². The van der Waals surface area contributed by atoms with Crippen LogP contribution in [0.25, 0.3) is 0 Å². The van der Waals surface area contributed by atoms with Gasteiger partial charge in [0.25, 0.3) is 0 Å². The zero-order valence-corrected chi connectivity index (χ0v) is 8.47. The minimum absolute atomic E-state index is 0.0298. The number of rotatable bonds is 0. The number of carbonyl (C=O) groups is 4. The summed E-state index contributed by atoms with van der Waals surface area (Å²) in [4.78, 5) is 45.8. The summed E-state index contributed by atoms with van der Waals surface area (Å²) in [6.45, 7) is 0. The molecule has 0 aromatic heterocycles. The SMILES string of the molecule is O=C1CC(=O)[C@@H]2C[C@H]3C(=O)OC(=O)[C@H]3C[C@H]12. The molecule has 1 aliphatic heterocycles. The third-order valence-electron chi connectivity index (χ3n) is 3.97. The Bertz CT molecular complexity index is 348. The predicted octanol–water partition coefficient (Wildman–Crippen LogP) is -0.130. The molecule has 5 heteroatoms. The molecule has 0 spiro atoms. The lowest BCUT2D eigenvalue weighted by Gasteiger charge is -2.28. The van der Waals surface area contributed by atoms with Crippen molar-refractivity contribution in [3.05, 3.63) is 0 Å². The Morgan fingerprint density at radius 1 is 0.750 bits per heavy atom. The van der Waals surface area contributed by atoms with Gasteiger partial charge < -0.3 is 4.74 Å². The Morgan fingerprint density at radius 2 is 1.19 bits per heavy atom. The largest absolute Gasteiger partial charge is 0.393 e. The van der Waals surface area contributed by atoms with E-state index in [2.05, 4.69) is 4.74 Å². The summed E-state index contributed by atoms with van der Waals surface area (Å²) in [7, 11) is 0. The minimum atomic E-state index is -0.527. The summed E-state index contributed by atoms with van der Waals surface area (Å²) in [5.41, 5.74) is 0. The van der Waals surface area contributed by atoms with Gasteiger partial charge in [-0.3, -0.25) is 19.2 Å². The fourth-order valence-corrected chi connectivity index (χ4v) is 3.12. The van der Waals surface area contributed by atoms with Gasteiger partial charge >= 0.3 is 11.9 Å². The number of ether oxygens (including phenoxy) is 1. The van der Waals surface area contributed by atoms with Crippen molar-refractivity contribution < 1.29 is 23.9 Å². The second kappa shape index (κ2) is 2.99. The van der Waals surface area contributed by atoms with Crippen LogP contribution in [0.1, 0.15) is 19.3 Å². The van der Waals surface area contributed by atoms with E-state index in [1.165, 1.54) is 0 Å².